The standard InChI is InChI=1S/C15H13F4N3O2/c1-24-14(23)11-12(15(17,18)19)20-22-6-5-21(13(11)22)8-9-3-2-4-10(16)7-9/h2-4,7H,5-6,8H2,1H3. The largest absolute Gasteiger partial charge is 0.465 e. The first kappa shape index (κ1) is 16.3. The number of esters is 1. The van der Waals surface area contributed by atoms with Gasteiger partial charge in [-0.05, 0) is 17.7 Å². The fraction of sp³-hybridized carbons (Fsp3) is 0.333. The van der Waals surface area contributed by atoms with Crippen LogP contribution in [0.4, 0.5) is 23.4 Å². The van der Waals surface area contributed by atoms with E-state index < -0.39 is 29.2 Å². The second-order valence-electron chi connectivity index (χ2n) is 5.31. The van der Waals surface area contributed by atoms with Crippen LogP contribution >= 0.6 is 0 Å². The number of ether oxygens (including phenoxy) is 1. The van der Waals surface area contributed by atoms with Crippen molar-refractivity contribution in [3.63, 3.8) is 0 Å². The lowest BCUT2D eigenvalue weighted by Gasteiger charge is -2.19. The molecule has 0 saturated carbocycles. The minimum Gasteiger partial charge on any atom is -0.465 e. The summed E-state index contributed by atoms with van der Waals surface area (Å²) in [6.45, 7) is 0.719. The maximum absolute atomic E-state index is 13.3. The van der Waals surface area contributed by atoms with Crippen LogP contribution in [0.25, 0.3) is 0 Å². The number of benzene rings is 1. The van der Waals surface area contributed by atoms with Crippen molar-refractivity contribution in [1.29, 1.82) is 0 Å². The number of carbonyl (C=O) groups excluding carboxylic acids is 1. The molecule has 0 aliphatic carbocycles. The third-order valence-electron chi connectivity index (χ3n) is 3.73. The smallest absolute Gasteiger partial charge is 0.436 e. The Kier molecular flexibility index (Phi) is 3.94. The number of hydrogen-bond donors (Lipinski definition) is 0. The van der Waals surface area contributed by atoms with Crippen LogP contribution in [0.15, 0.2) is 24.3 Å². The molecule has 0 bridgehead atoms. The zero-order valence-electron chi connectivity index (χ0n) is 12.6. The van der Waals surface area contributed by atoms with Gasteiger partial charge in [0.25, 0.3) is 0 Å². The predicted octanol–water partition coefficient (Wildman–Crippen LogP) is 2.85. The molecule has 9 heteroatoms. The van der Waals surface area contributed by atoms with Gasteiger partial charge < -0.3 is 9.64 Å². The number of methoxy groups -OCH3 is 1. The van der Waals surface area contributed by atoms with Gasteiger partial charge in [0.05, 0.1) is 13.7 Å². The first-order valence-electron chi connectivity index (χ1n) is 7.07. The van der Waals surface area contributed by atoms with Gasteiger partial charge in [-0.25, -0.2) is 13.9 Å². The monoisotopic (exact) mass is 343 g/mol. The molecule has 0 fully saturated rings. The van der Waals surface area contributed by atoms with Crippen LogP contribution in [0.5, 0.6) is 0 Å². The van der Waals surface area contributed by atoms with Gasteiger partial charge in [0.15, 0.2) is 5.69 Å². The second-order valence-corrected chi connectivity index (χ2v) is 5.31. The molecule has 0 atom stereocenters. The van der Waals surface area contributed by atoms with Crippen LogP contribution < -0.4 is 4.90 Å². The highest BCUT2D eigenvalue weighted by Crippen LogP contribution is 2.38. The summed E-state index contributed by atoms with van der Waals surface area (Å²) in [6, 6.07) is 5.74. The molecular weight excluding hydrogens is 330 g/mol. The first-order valence-corrected chi connectivity index (χ1v) is 7.07. The van der Waals surface area contributed by atoms with E-state index in [1.807, 2.05) is 0 Å². The lowest BCUT2D eigenvalue weighted by molar-refractivity contribution is -0.142. The third-order valence-corrected chi connectivity index (χ3v) is 3.73. The summed E-state index contributed by atoms with van der Waals surface area (Å²) in [6.07, 6.45) is -4.77. The molecule has 0 saturated heterocycles. The molecular formula is C15H13F4N3O2. The topological polar surface area (TPSA) is 47.4 Å². The Balaban J connectivity index is 2.03. The quantitative estimate of drug-likeness (QED) is 0.635. The van der Waals surface area contributed by atoms with Gasteiger partial charge in [-0.15, -0.1) is 0 Å². The fourth-order valence-electron chi connectivity index (χ4n) is 2.75. The highest BCUT2D eigenvalue weighted by atomic mass is 19.4. The molecule has 2 aromatic rings. The van der Waals surface area contributed by atoms with Gasteiger partial charge >= 0.3 is 12.1 Å². The Morgan fingerprint density at radius 1 is 1.33 bits per heavy atom. The maximum Gasteiger partial charge on any atom is 0.436 e. The van der Waals surface area contributed by atoms with Crippen LogP contribution in [0.1, 0.15) is 21.6 Å². The van der Waals surface area contributed by atoms with Crippen molar-refractivity contribution < 1.29 is 27.1 Å². The molecule has 0 spiro atoms. The molecule has 2 heterocycles. The van der Waals surface area contributed by atoms with E-state index in [0.717, 1.165) is 11.8 Å². The van der Waals surface area contributed by atoms with Gasteiger partial charge in [0, 0.05) is 13.1 Å². The zero-order chi connectivity index (χ0) is 17.5. The Hall–Kier alpha value is -2.58. The predicted molar refractivity (Wildman–Crippen MR) is 76.0 cm³/mol. The van der Waals surface area contributed by atoms with E-state index in [-0.39, 0.29) is 18.9 Å². The van der Waals surface area contributed by atoms with Crippen molar-refractivity contribution in [2.24, 2.45) is 0 Å². The molecule has 0 radical (unpaired) electrons. The molecule has 1 aromatic heterocycles. The number of alkyl halides is 3. The van der Waals surface area contributed by atoms with E-state index in [4.69, 9.17) is 0 Å². The van der Waals surface area contributed by atoms with Gasteiger partial charge in [0.2, 0.25) is 0 Å². The second kappa shape index (κ2) is 5.81. The zero-order valence-corrected chi connectivity index (χ0v) is 12.6. The molecule has 5 nitrogen and oxygen atoms in total. The first-order chi connectivity index (χ1) is 11.3. The van der Waals surface area contributed by atoms with E-state index in [1.165, 1.54) is 18.2 Å². The molecule has 0 N–H and O–H groups in total. The number of anilines is 1. The summed E-state index contributed by atoms with van der Waals surface area (Å²) in [7, 11) is 1.01. The van der Waals surface area contributed by atoms with Crippen molar-refractivity contribution in [2.45, 2.75) is 19.3 Å². The summed E-state index contributed by atoms with van der Waals surface area (Å²) in [5.41, 5.74) is -1.30. The molecule has 1 aromatic carbocycles. The molecule has 0 unspecified atom stereocenters. The molecule has 1 aliphatic rings. The van der Waals surface area contributed by atoms with Gasteiger partial charge in [-0.2, -0.15) is 18.3 Å². The molecule has 24 heavy (non-hydrogen) atoms. The Morgan fingerprint density at radius 2 is 2.08 bits per heavy atom. The summed E-state index contributed by atoms with van der Waals surface area (Å²) in [5.74, 6) is -1.50. The van der Waals surface area contributed by atoms with E-state index >= 15 is 0 Å². The number of carbonyl (C=O) groups is 1. The van der Waals surface area contributed by atoms with Crippen molar-refractivity contribution in [3.8, 4) is 0 Å². The van der Waals surface area contributed by atoms with Crippen LogP contribution in [0.2, 0.25) is 0 Å². The summed E-state index contributed by atoms with van der Waals surface area (Å²) in [5, 5.41) is 3.52. The average Bonchev–Trinajstić information content (AvgIpc) is 3.06. The van der Waals surface area contributed by atoms with E-state index in [0.29, 0.717) is 12.1 Å². The summed E-state index contributed by atoms with van der Waals surface area (Å²) >= 11 is 0. The van der Waals surface area contributed by atoms with E-state index in [2.05, 4.69) is 9.84 Å². The maximum atomic E-state index is 13.3. The van der Waals surface area contributed by atoms with E-state index in [9.17, 15) is 22.4 Å². The van der Waals surface area contributed by atoms with Crippen LogP contribution in [0.3, 0.4) is 0 Å². The number of hydrogen-bond acceptors (Lipinski definition) is 4. The van der Waals surface area contributed by atoms with Crippen molar-refractivity contribution in [1.82, 2.24) is 9.78 Å². The SMILES string of the molecule is COC(=O)c1c(C(F)(F)F)nn2c1N(Cc1cccc(F)c1)CC2. The minimum absolute atomic E-state index is 0.0402. The highest BCUT2D eigenvalue weighted by Gasteiger charge is 2.44. The van der Waals surface area contributed by atoms with Gasteiger partial charge in [-0.3, -0.25) is 0 Å². The summed E-state index contributed by atoms with van der Waals surface area (Å²) in [4.78, 5) is 13.5. The molecule has 1 aliphatic heterocycles. The fourth-order valence-corrected chi connectivity index (χ4v) is 2.75. The lowest BCUT2D eigenvalue weighted by Crippen LogP contribution is -2.23. The third kappa shape index (κ3) is 2.81. The molecule has 0 amide bonds. The number of aromatic nitrogens is 2. The summed E-state index contributed by atoms with van der Waals surface area (Å²) < 4.78 is 58.4. The number of halogens is 4. The van der Waals surface area contributed by atoms with Crippen molar-refractivity contribution in [3.05, 3.63) is 46.9 Å². The minimum atomic E-state index is -4.77. The molecule has 3 rings (SSSR count). The Labute approximate surface area is 134 Å². The van der Waals surface area contributed by atoms with Crippen molar-refractivity contribution >= 4 is 11.8 Å². The molecule has 128 valence electrons. The number of fused-ring (bicyclic) bond motifs is 1. The average molecular weight is 343 g/mol. The Bertz CT molecular complexity index is 786. The Morgan fingerprint density at radius 3 is 2.71 bits per heavy atom. The van der Waals surface area contributed by atoms with Crippen LogP contribution in [-0.2, 0) is 24.0 Å². The van der Waals surface area contributed by atoms with Crippen LogP contribution in [0, 0.1) is 5.82 Å². The normalized spacial score (nSPS) is 14.0. The lowest BCUT2D eigenvalue weighted by atomic mass is 10.1. The van der Waals surface area contributed by atoms with E-state index in [1.54, 1.807) is 11.0 Å². The number of rotatable bonds is 3. The van der Waals surface area contributed by atoms with Gasteiger partial charge in [0.1, 0.15) is 17.2 Å². The van der Waals surface area contributed by atoms with Crippen LogP contribution in [-0.4, -0.2) is 29.4 Å². The van der Waals surface area contributed by atoms with Gasteiger partial charge in [-0.1, -0.05) is 12.1 Å². The highest BCUT2D eigenvalue weighted by molar-refractivity contribution is 5.96. The number of nitrogens with zero attached hydrogens (tertiary/aromatic N) is 3. The van der Waals surface area contributed by atoms with Crippen molar-refractivity contribution in [2.75, 3.05) is 18.6 Å².